The molecule has 0 aliphatic carbocycles. The van der Waals surface area contributed by atoms with Crippen LogP contribution in [0.1, 0.15) is 129 Å². The van der Waals surface area contributed by atoms with E-state index in [0.29, 0.717) is 6.42 Å². The Balaban J connectivity index is 1.53. The fraction of sp³-hybridized carbons (Fsp3) is 0.968. The number of rotatable bonds is 24. The van der Waals surface area contributed by atoms with E-state index < -0.39 is 36.8 Å². The van der Waals surface area contributed by atoms with Crippen LogP contribution >= 0.6 is 0 Å². The van der Waals surface area contributed by atoms with Crippen molar-refractivity contribution in [1.29, 1.82) is 0 Å². The highest BCUT2D eigenvalue weighted by atomic mass is 16.8. The van der Waals surface area contributed by atoms with Gasteiger partial charge in [-0.05, 0) is 19.3 Å². The maximum Gasteiger partial charge on any atom is 0.305 e. The number of hydrogen-bond donors (Lipinski definition) is 3. The van der Waals surface area contributed by atoms with E-state index in [0.717, 1.165) is 38.5 Å². The van der Waals surface area contributed by atoms with Gasteiger partial charge in [0.2, 0.25) is 0 Å². The maximum atomic E-state index is 12.0. The largest absolute Gasteiger partial charge is 0.463 e. The molecule has 2 saturated heterocycles. The van der Waals surface area contributed by atoms with Crippen molar-refractivity contribution in [2.75, 3.05) is 19.8 Å². The van der Waals surface area contributed by atoms with Crippen molar-refractivity contribution in [2.24, 2.45) is 0 Å². The Morgan fingerprint density at radius 3 is 1.98 bits per heavy atom. The van der Waals surface area contributed by atoms with Crippen LogP contribution < -0.4 is 0 Å². The van der Waals surface area contributed by atoms with Gasteiger partial charge in [-0.15, -0.1) is 0 Å². The summed E-state index contributed by atoms with van der Waals surface area (Å²) in [5.41, 5.74) is 0. The molecule has 0 amide bonds. The number of carbonyl (C=O) groups is 1. The van der Waals surface area contributed by atoms with Gasteiger partial charge in [-0.25, -0.2) is 0 Å². The van der Waals surface area contributed by atoms with Gasteiger partial charge < -0.3 is 39.0 Å². The Kier molecular flexibility index (Phi) is 19.3. The van der Waals surface area contributed by atoms with Crippen LogP contribution in [0.3, 0.4) is 0 Å². The fourth-order valence-electron chi connectivity index (χ4n) is 5.28. The van der Waals surface area contributed by atoms with Crippen molar-refractivity contribution < 1.29 is 43.8 Å². The first kappa shape index (κ1) is 35.4. The molecule has 0 saturated carbocycles. The number of esters is 1. The Morgan fingerprint density at radius 1 is 0.775 bits per heavy atom. The summed E-state index contributed by atoms with van der Waals surface area (Å²) in [5, 5.41) is 31.1. The number of aliphatic hydroxyl groups excluding tert-OH is 3. The second kappa shape index (κ2) is 21.8. The van der Waals surface area contributed by atoms with Crippen LogP contribution in [0, 0.1) is 0 Å². The van der Waals surface area contributed by atoms with Gasteiger partial charge in [0.15, 0.2) is 12.6 Å². The van der Waals surface area contributed by atoms with Crippen LogP contribution in [0.2, 0.25) is 0 Å². The number of unbranched alkanes of at least 4 members (excludes halogenated alkanes) is 14. The van der Waals surface area contributed by atoms with Crippen molar-refractivity contribution in [3.63, 3.8) is 0 Å². The summed E-state index contributed by atoms with van der Waals surface area (Å²) >= 11 is 0. The molecule has 2 aliphatic rings. The summed E-state index contributed by atoms with van der Waals surface area (Å²) in [7, 11) is 0. The van der Waals surface area contributed by atoms with Crippen LogP contribution in [0.15, 0.2) is 0 Å². The molecule has 236 valence electrons. The minimum atomic E-state index is -1.28. The van der Waals surface area contributed by atoms with Crippen LogP contribution in [0.4, 0.5) is 0 Å². The maximum absolute atomic E-state index is 12.0. The zero-order chi connectivity index (χ0) is 29.0. The van der Waals surface area contributed by atoms with Crippen LogP contribution in [0.5, 0.6) is 0 Å². The van der Waals surface area contributed by atoms with E-state index in [2.05, 4.69) is 13.8 Å². The van der Waals surface area contributed by atoms with Gasteiger partial charge in [0, 0.05) is 6.42 Å². The van der Waals surface area contributed by atoms with Crippen LogP contribution in [-0.4, -0.2) is 84.2 Å². The normalized spacial score (nSPS) is 27.3. The molecule has 0 radical (unpaired) electrons. The first-order chi connectivity index (χ1) is 19.5. The average Bonchev–Trinajstić information content (AvgIpc) is 3.53. The van der Waals surface area contributed by atoms with Gasteiger partial charge in [-0.3, -0.25) is 4.79 Å². The van der Waals surface area contributed by atoms with E-state index >= 15 is 0 Å². The van der Waals surface area contributed by atoms with Gasteiger partial charge in [-0.1, -0.05) is 104 Å². The summed E-state index contributed by atoms with van der Waals surface area (Å²) in [5.74, 6) is -0.334. The molecule has 2 heterocycles. The summed E-state index contributed by atoms with van der Waals surface area (Å²) < 4.78 is 28.1. The Morgan fingerprint density at radius 2 is 1.35 bits per heavy atom. The van der Waals surface area contributed by atoms with Crippen molar-refractivity contribution in [1.82, 2.24) is 0 Å². The lowest BCUT2D eigenvalue weighted by molar-refractivity contribution is -0.195. The third-order valence-corrected chi connectivity index (χ3v) is 7.81. The summed E-state index contributed by atoms with van der Waals surface area (Å²) in [4.78, 5) is 12.0. The highest BCUT2D eigenvalue weighted by Gasteiger charge is 2.49. The summed E-state index contributed by atoms with van der Waals surface area (Å²) in [6, 6.07) is 0. The number of aliphatic hydroxyl groups is 3. The number of carbonyl (C=O) groups excluding carboxylic acids is 1. The molecule has 2 aliphatic heterocycles. The molecule has 9 nitrogen and oxygen atoms in total. The first-order valence-corrected chi connectivity index (χ1v) is 16.2. The zero-order valence-electron chi connectivity index (χ0n) is 25.2. The van der Waals surface area contributed by atoms with Crippen LogP contribution in [-0.2, 0) is 28.5 Å². The first-order valence-electron chi connectivity index (χ1n) is 16.2. The lowest BCUT2D eigenvalue weighted by atomic mass is 10.1. The molecule has 3 N–H and O–H groups in total. The lowest BCUT2D eigenvalue weighted by Gasteiger charge is -2.20. The molecular weight excluding hydrogens is 516 g/mol. The van der Waals surface area contributed by atoms with Crippen molar-refractivity contribution in [3.05, 3.63) is 0 Å². The molecule has 2 rings (SSSR count). The topological polar surface area (TPSA) is 124 Å². The standard InChI is InChI=1S/C31H58O9/c1-3-5-7-9-11-12-14-15-17-19-26(33)36-21-24(32)22-38-31-29(35)28(34)30(40-31)25-23-37-27(39-25)20-18-16-13-10-8-6-4-2/h24-25,27-32,34-35H,3-23H2,1-2H3/t24-,25-,27-,28-,29-,30+,31-/m1/s1. The second-order valence-corrected chi connectivity index (χ2v) is 11.5. The van der Waals surface area contributed by atoms with Gasteiger partial charge in [0.1, 0.15) is 37.1 Å². The predicted octanol–water partition coefficient (Wildman–Crippen LogP) is 5.16. The van der Waals surface area contributed by atoms with E-state index in [1.165, 1.54) is 70.6 Å². The lowest BCUT2D eigenvalue weighted by Crippen LogP contribution is -2.40. The molecule has 9 heteroatoms. The van der Waals surface area contributed by atoms with Gasteiger partial charge in [0.05, 0.1) is 13.2 Å². The molecule has 0 aromatic carbocycles. The van der Waals surface area contributed by atoms with Crippen molar-refractivity contribution >= 4 is 5.97 Å². The number of ether oxygens (including phenoxy) is 5. The van der Waals surface area contributed by atoms with Crippen LogP contribution in [0.25, 0.3) is 0 Å². The molecule has 40 heavy (non-hydrogen) atoms. The molecule has 7 atom stereocenters. The molecular formula is C31H58O9. The quantitative estimate of drug-likeness (QED) is 0.106. The molecule has 0 bridgehead atoms. The minimum Gasteiger partial charge on any atom is -0.463 e. The number of hydrogen-bond acceptors (Lipinski definition) is 9. The van der Waals surface area contributed by atoms with Gasteiger partial charge >= 0.3 is 5.97 Å². The molecule has 0 spiro atoms. The average molecular weight is 575 g/mol. The predicted molar refractivity (Wildman–Crippen MR) is 153 cm³/mol. The summed E-state index contributed by atoms with van der Waals surface area (Å²) in [6.45, 7) is 4.32. The van der Waals surface area contributed by atoms with Crippen molar-refractivity contribution in [3.8, 4) is 0 Å². The molecule has 0 aromatic heterocycles. The van der Waals surface area contributed by atoms with Gasteiger partial charge in [-0.2, -0.15) is 0 Å². The van der Waals surface area contributed by atoms with E-state index in [4.69, 9.17) is 23.7 Å². The Labute approximate surface area is 242 Å². The zero-order valence-corrected chi connectivity index (χ0v) is 25.2. The second-order valence-electron chi connectivity index (χ2n) is 11.5. The minimum absolute atomic E-state index is 0.190. The van der Waals surface area contributed by atoms with E-state index in [-0.39, 0.29) is 32.1 Å². The fourth-order valence-corrected chi connectivity index (χ4v) is 5.28. The Hall–Kier alpha value is -0.810. The van der Waals surface area contributed by atoms with E-state index in [9.17, 15) is 20.1 Å². The molecule has 2 fully saturated rings. The van der Waals surface area contributed by atoms with E-state index in [1.807, 2.05) is 0 Å². The SMILES string of the molecule is CCCCCCCCCCCC(=O)OC[C@@H](O)CO[C@@H]1O[C@@H]([C@H]2CO[C@@H](CCCCCCCCC)O2)[C@H](O)[C@H]1O. The highest BCUT2D eigenvalue weighted by molar-refractivity contribution is 5.69. The third-order valence-electron chi connectivity index (χ3n) is 7.81. The highest BCUT2D eigenvalue weighted by Crippen LogP contribution is 2.30. The van der Waals surface area contributed by atoms with E-state index in [1.54, 1.807) is 0 Å². The summed E-state index contributed by atoms with van der Waals surface area (Å²) in [6.07, 6.45) is 13.9. The third kappa shape index (κ3) is 14.4. The monoisotopic (exact) mass is 574 g/mol. The molecule has 0 aromatic rings. The van der Waals surface area contributed by atoms with Gasteiger partial charge in [0.25, 0.3) is 0 Å². The smallest absolute Gasteiger partial charge is 0.305 e. The Bertz CT molecular complexity index is 634. The molecule has 0 unspecified atom stereocenters. The van der Waals surface area contributed by atoms with Crippen molar-refractivity contribution in [2.45, 2.75) is 173 Å².